The number of amides is 1. The second-order valence-electron chi connectivity index (χ2n) is 6.76. The average molecular weight is 487 g/mol. The molecule has 9 heteroatoms. The first-order valence-corrected chi connectivity index (χ1v) is 11.5. The number of benzene rings is 1. The molecule has 1 aliphatic rings. The molecule has 0 spiro atoms. The van der Waals surface area contributed by atoms with E-state index in [-0.39, 0.29) is 35.0 Å². The Morgan fingerprint density at radius 1 is 1.25 bits per heavy atom. The molecule has 0 radical (unpaired) electrons. The van der Waals surface area contributed by atoms with Crippen molar-refractivity contribution in [1.82, 2.24) is 14.2 Å². The van der Waals surface area contributed by atoms with Crippen molar-refractivity contribution >= 4 is 43.5 Å². The van der Waals surface area contributed by atoms with Crippen LogP contribution in [-0.2, 0) is 21.4 Å². The van der Waals surface area contributed by atoms with E-state index in [9.17, 15) is 13.2 Å². The zero-order valence-electron chi connectivity index (χ0n) is 15.4. The number of piperidine rings is 1. The number of pyridine rings is 1. The maximum atomic E-state index is 12.8. The van der Waals surface area contributed by atoms with E-state index in [0.29, 0.717) is 19.4 Å². The van der Waals surface area contributed by atoms with Crippen molar-refractivity contribution in [1.29, 1.82) is 0 Å². The minimum atomic E-state index is -3.71. The van der Waals surface area contributed by atoms with Crippen molar-refractivity contribution in [3.05, 3.63) is 57.8 Å². The first-order chi connectivity index (χ1) is 13.3. The van der Waals surface area contributed by atoms with Gasteiger partial charge >= 0.3 is 0 Å². The van der Waals surface area contributed by atoms with Gasteiger partial charge in [0, 0.05) is 43.3 Å². The van der Waals surface area contributed by atoms with Gasteiger partial charge in [0.25, 0.3) is 0 Å². The summed E-state index contributed by atoms with van der Waals surface area (Å²) in [7, 11) is -1.93. The third-order valence-electron chi connectivity index (χ3n) is 4.89. The number of sulfonamides is 1. The van der Waals surface area contributed by atoms with Gasteiger partial charge in [0.15, 0.2) is 0 Å². The van der Waals surface area contributed by atoms with Gasteiger partial charge in [0.2, 0.25) is 15.9 Å². The van der Waals surface area contributed by atoms with Crippen LogP contribution in [0.3, 0.4) is 0 Å². The molecular formula is C19H21BrClN3O3S. The lowest BCUT2D eigenvalue weighted by molar-refractivity contribution is -0.135. The Morgan fingerprint density at radius 2 is 1.93 bits per heavy atom. The second-order valence-corrected chi connectivity index (χ2v) is 9.88. The van der Waals surface area contributed by atoms with E-state index in [4.69, 9.17) is 11.6 Å². The molecule has 1 saturated heterocycles. The van der Waals surface area contributed by atoms with Crippen LogP contribution < -0.4 is 0 Å². The number of hydrogen-bond donors (Lipinski definition) is 0. The third kappa shape index (κ3) is 4.56. The largest absolute Gasteiger partial charge is 0.341 e. The maximum Gasteiger partial charge on any atom is 0.246 e. The zero-order valence-corrected chi connectivity index (χ0v) is 18.5. The summed E-state index contributed by atoms with van der Waals surface area (Å²) in [4.78, 5) is 18.4. The Labute approximate surface area is 178 Å². The highest BCUT2D eigenvalue weighted by molar-refractivity contribution is 9.10. The van der Waals surface area contributed by atoms with Crippen molar-refractivity contribution < 1.29 is 13.2 Å². The van der Waals surface area contributed by atoms with Crippen molar-refractivity contribution in [2.75, 3.05) is 20.1 Å². The molecule has 28 heavy (non-hydrogen) atoms. The van der Waals surface area contributed by atoms with Gasteiger partial charge < -0.3 is 4.90 Å². The van der Waals surface area contributed by atoms with Crippen LogP contribution >= 0.6 is 27.5 Å². The standard InChI is InChI=1S/C19H21BrClN3O3S/c1-23(13-15-5-2-3-6-16(15)20)19(25)14-8-11-24(12-9-14)28(26,27)17-7-4-10-22-18(17)21/h2-7,10,14H,8-9,11-13H2,1H3. The molecule has 0 bridgehead atoms. The van der Waals surface area contributed by atoms with Gasteiger partial charge in [-0.05, 0) is 36.6 Å². The Bertz CT molecular complexity index is 962. The Kier molecular flexibility index (Phi) is 6.75. The highest BCUT2D eigenvalue weighted by atomic mass is 79.9. The van der Waals surface area contributed by atoms with Crippen LogP contribution in [0.5, 0.6) is 0 Å². The zero-order chi connectivity index (χ0) is 20.3. The number of carbonyl (C=O) groups excluding carboxylic acids is 1. The fourth-order valence-corrected chi connectivity index (χ4v) is 5.63. The molecule has 1 aliphatic heterocycles. The molecule has 3 rings (SSSR count). The van der Waals surface area contributed by atoms with E-state index in [1.54, 1.807) is 18.0 Å². The first kappa shape index (κ1) is 21.2. The van der Waals surface area contributed by atoms with E-state index in [1.807, 2.05) is 24.3 Å². The summed E-state index contributed by atoms with van der Waals surface area (Å²) in [5.74, 6) is -0.157. The predicted molar refractivity (Wildman–Crippen MR) is 111 cm³/mol. The Morgan fingerprint density at radius 3 is 2.57 bits per heavy atom. The van der Waals surface area contributed by atoms with Gasteiger partial charge in [-0.2, -0.15) is 4.31 Å². The van der Waals surface area contributed by atoms with Crippen molar-refractivity contribution in [2.24, 2.45) is 5.92 Å². The van der Waals surface area contributed by atoms with Crippen LogP contribution in [0.1, 0.15) is 18.4 Å². The molecule has 1 amide bonds. The summed E-state index contributed by atoms with van der Waals surface area (Å²) in [5.41, 5.74) is 1.03. The number of aromatic nitrogens is 1. The molecule has 2 aromatic rings. The minimum Gasteiger partial charge on any atom is -0.341 e. The SMILES string of the molecule is CN(Cc1ccccc1Br)C(=O)C1CCN(S(=O)(=O)c2cccnc2Cl)CC1. The van der Waals surface area contributed by atoms with Gasteiger partial charge in [0.05, 0.1) is 0 Å². The second kappa shape index (κ2) is 8.90. The molecular weight excluding hydrogens is 466 g/mol. The summed E-state index contributed by atoms with van der Waals surface area (Å²) in [5, 5.41) is -0.0335. The van der Waals surface area contributed by atoms with Crippen LogP contribution in [0.2, 0.25) is 5.15 Å². The number of nitrogens with zero attached hydrogens (tertiary/aromatic N) is 3. The fraction of sp³-hybridized carbons (Fsp3) is 0.368. The van der Waals surface area contributed by atoms with Crippen LogP contribution in [0, 0.1) is 5.92 Å². The maximum absolute atomic E-state index is 12.8. The quantitative estimate of drug-likeness (QED) is 0.606. The van der Waals surface area contributed by atoms with Crippen LogP contribution in [0.4, 0.5) is 0 Å². The lowest BCUT2D eigenvalue weighted by Crippen LogP contribution is -2.43. The third-order valence-corrected chi connectivity index (χ3v) is 8.00. The van der Waals surface area contributed by atoms with Crippen molar-refractivity contribution in [3.8, 4) is 0 Å². The molecule has 0 N–H and O–H groups in total. The number of rotatable bonds is 5. The number of hydrogen-bond acceptors (Lipinski definition) is 4. The molecule has 0 saturated carbocycles. The monoisotopic (exact) mass is 485 g/mol. The molecule has 6 nitrogen and oxygen atoms in total. The summed E-state index contributed by atoms with van der Waals surface area (Å²) in [6.45, 7) is 1.07. The van der Waals surface area contributed by atoms with Crippen LogP contribution in [0.25, 0.3) is 0 Å². The van der Waals surface area contributed by atoms with E-state index >= 15 is 0 Å². The van der Waals surface area contributed by atoms with Gasteiger partial charge in [-0.3, -0.25) is 4.79 Å². The Balaban J connectivity index is 1.62. The smallest absolute Gasteiger partial charge is 0.246 e. The Hall–Kier alpha value is -1.48. The van der Waals surface area contributed by atoms with E-state index in [2.05, 4.69) is 20.9 Å². The van der Waals surface area contributed by atoms with Gasteiger partial charge in [0.1, 0.15) is 10.0 Å². The molecule has 1 aromatic heterocycles. The topological polar surface area (TPSA) is 70.6 Å². The van der Waals surface area contributed by atoms with E-state index < -0.39 is 10.0 Å². The highest BCUT2D eigenvalue weighted by Crippen LogP contribution is 2.28. The predicted octanol–water partition coefficient (Wildman–Crippen LogP) is 3.56. The molecule has 0 unspecified atom stereocenters. The fourth-order valence-electron chi connectivity index (χ4n) is 3.32. The van der Waals surface area contributed by atoms with Crippen molar-refractivity contribution in [3.63, 3.8) is 0 Å². The first-order valence-electron chi connectivity index (χ1n) is 8.89. The highest BCUT2D eigenvalue weighted by Gasteiger charge is 2.34. The van der Waals surface area contributed by atoms with Crippen LogP contribution in [-0.4, -0.2) is 48.7 Å². The van der Waals surface area contributed by atoms with Gasteiger partial charge in [-0.25, -0.2) is 13.4 Å². The van der Waals surface area contributed by atoms with Crippen molar-refractivity contribution in [2.45, 2.75) is 24.3 Å². The van der Waals surface area contributed by atoms with E-state index in [1.165, 1.54) is 16.6 Å². The number of carbonyl (C=O) groups is 1. The van der Waals surface area contributed by atoms with Gasteiger partial charge in [-0.1, -0.05) is 45.7 Å². The summed E-state index contributed by atoms with van der Waals surface area (Å²) < 4.78 is 27.9. The normalized spacial score (nSPS) is 16.1. The van der Waals surface area contributed by atoms with E-state index in [0.717, 1.165) is 10.0 Å². The van der Waals surface area contributed by atoms with Gasteiger partial charge in [-0.15, -0.1) is 0 Å². The summed E-state index contributed by atoms with van der Waals surface area (Å²) >= 11 is 9.46. The summed E-state index contributed by atoms with van der Waals surface area (Å²) in [6, 6.07) is 10.8. The van der Waals surface area contributed by atoms with Crippen LogP contribution in [0.15, 0.2) is 52.0 Å². The molecule has 1 fully saturated rings. The lowest BCUT2D eigenvalue weighted by atomic mass is 9.96. The minimum absolute atomic E-state index is 0.00693. The molecule has 0 aliphatic carbocycles. The molecule has 2 heterocycles. The molecule has 150 valence electrons. The number of halogens is 2. The lowest BCUT2D eigenvalue weighted by Gasteiger charge is -2.32. The average Bonchev–Trinajstić information content (AvgIpc) is 2.69. The summed E-state index contributed by atoms with van der Waals surface area (Å²) in [6.07, 6.45) is 2.42. The molecule has 0 atom stereocenters. The molecule has 1 aromatic carbocycles.